The van der Waals surface area contributed by atoms with Crippen molar-refractivity contribution in [2.24, 2.45) is 5.92 Å². The first-order valence-electron chi connectivity index (χ1n) is 9.24. The standard InChI is InChI=1S/C19H25F2N3O2/c1-13(18(25)22-17-12-15(20)4-5-16(17)21)23-10-6-14(7-11-23)19(26)24-8-2-3-9-24/h4-5,12-14H,2-3,6-11H2,1H3,(H,22,25)/t13-/m1/s1. The highest BCUT2D eigenvalue weighted by Gasteiger charge is 2.32. The van der Waals surface area contributed by atoms with Crippen molar-refractivity contribution in [1.82, 2.24) is 9.80 Å². The molecule has 1 atom stereocenters. The van der Waals surface area contributed by atoms with Gasteiger partial charge < -0.3 is 10.2 Å². The van der Waals surface area contributed by atoms with Crippen LogP contribution in [-0.2, 0) is 9.59 Å². The fourth-order valence-electron chi connectivity index (χ4n) is 3.73. The van der Waals surface area contributed by atoms with Crippen molar-refractivity contribution in [3.8, 4) is 0 Å². The van der Waals surface area contributed by atoms with Crippen LogP contribution in [0.25, 0.3) is 0 Å². The van der Waals surface area contributed by atoms with E-state index in [1.807, 2.05) is 9.80 Å². The van der Waals surface area contributed by atoms with Gasteiger partial charge >= 0.3 is 0 Å². The largest absolute Gasteiger partial charge is 0.342 e. The summed E-state index contributed by atoms with van der Waals surface area (Å²) in [6.45, 7) is 4.75. The first kappa shape index (κ1) is 18.8. The first-order chi connectivity index (χ1) is 12.5. The molecular formula is C19H25F2N3O2. The van der Waals surface area contributed by atoms with E-state index in [1.165, 1.54) is 0 Å². The second-order valence-corrected chi connectivity index (χ2v) is 7.13. The quantitative estimate of drug-likeness (QED) is 0.892. The van der Waals surface area contributed by atoms with Gasteiger partial charge in [-0.05, 0) is 57.8 Å². The smallest absolute Gasteiger partial charge is 0.241 e. The zero-order valence-electron chi connectivity index (χ0n) is 15.0. The van der Waals surface area contributed by atoms with E-state index in [0.717, 1.165) is 57.0 Å². The molecule has 0 bridgehead atoms. The number of benzene rings is 1. The molecule has 0 aliphatic carbocycles. The molecule has 0 spiro atoms. The Morgan fingerprint density at radius 2 is 1.77 bits per heavy atom. The third-order valence-electron chi connectivity index (χ3n) is 5.41. The molecule has 1 aromatic rings. The van der Waals surface area contributed by atoms with Crippen molar-refractivity contribution < 1.29 is 18.4 Å². The lowest BCUT2D eigenvalue weighted by Crippen LogP contribution is -2.48. The van der Waals surface area contributed by atoms with Gasteiger partial charge in [0.1, 0.15) is 11.6 Å². The summed E-state index contributed by atoms with van der Waals surface area (Å²) in [7, 11) is 0. The third-order valence-corrected chi connectivity index (χ3v) is 5.41. The fraction of sp³-hybridized carbons (Fsp3) is 0.579. The molecular weight excluding hydrogens is 340 g/mol. The predicted molar refractivity (Wildman–Crippen MR) is 94.6 cm³/mol. The summed E-state index contributed by atoms with van der Waals surface area (Å²) in [6.07, 6.45) is 3.61. The van der Waals surface area contributed by atoms with E-state index in [4.69, 9.17) is 0 Å². The minimum atomic E-state index is -0.665. The van der Waals surface area contributed by atoms with Crippen LogP contribution in [0.1, 0.15) is 32.6 Å². The molecule has 2 heterocycles. The fourth-order valence-corrected chi connectivity index (χ4v) is 3.73. The molecule has 2 fully saturated rings. The van der Waals surface area contributed by atoms with Crippen molar-refractivity contribution in [2.45, 2.75) is 38.6 Å². The Morgan fingerprint density at radius 3 is 2.42 bits per heavy atom. The Morgan fingerprint density at radius 1 is 1.12 bits per heavy atom. The molecule has 3 rings (SSSR count). The number of carbonyl (C=O) groups is 2. The summed E-state index contributed by atoms with van der Waals surface area (Å²) in [5.74, 6) is -1.38. The van der Waals surface area contributed by atoms with Gasteiger partial charge in [0.05, 0.1) is 11.7 Å². The number of nitrogens with one attached hydrogen (secondary N) is 1. The number of piperidine rings is 1. The Labute approximate surface area is 152 Å². The number of rotatable bonds is 4. The Hall–Kier alpha value is -2.02. The van der Waals surface area contributed by atoms with Crippen molar-refractivity contribution in [2.75, 3.05) is 31.5 Å². The Kier molecular flexibility index (Phi) is 5.86. The van der Waals surface area contributed by atoms with Gasteiger partial charge in [0.2, 0.25) is 11.8 Å². The molecule has 142 valence electrons. The maximum Gasteiger partial charge on any atom is 0.241 e. The Bertz CT molecular complexity index is 669. The number of hydrogen-bond donors (Lipinski definition) is 1. The monoisotopic (exact) mass is 365 g/mol. The number of amides is 2. The summed E-state index contributed by atoms with van der Waals surface area (Å²) in [6, 6.07) is 2.50. The van der Waals surface area contributed by atoms with Crippen LogP contribution in [0.2, 0.25) is 0 Å². The Balaban J connectivity index is 1.52. The number of nitrogens with zero attached hydrogens (tertiary/aromatic N) is 2. The lowest BCUT2D eigenvalue weighted by molar-refractivity contribution is -0.136. The molecule has 26 heavy (non-hydrogen) atoms. The van der Waals surface area contributed by atoms with Crippen LogP contribution in [0.15, 0.2) is 18.2 Å². The molecule has 0 radical (unpaired) electrons. The maximum absolute atomic E-state index is 13.7. The van der Waals surface area contributed by atoms with Gasteiger partial charge in [-0.2, -0.15) is 0 Å². The lowest BCUT2D eigenvalue weighted by Gasteiger charge is -2.36. The average molecular weight is 365 g/mol. The summed E-state index contributed by atoms with van der Waals surface area (Å²) < 4.78 is 26.9. The van der Waals surface area contributed by atoms with Gasteiger partial charge in [-0.1, -0.05) is 0 Å². The molecule has 5 nitrogen and oxygen atoms in total. The van der Waals surface area contributed by atoms with Crippen LogP contribution in [0.3, 0.4) is 0 Å². The van der Waals surface area contributed by atoms with Gasteiger partial charge in [0.25, 0.3) is 0 Å². The van der Waals surface area contributed by atoms with Crippen molar-refractivity contribution >= 4 is 17.5 Å². The molecule has 2 saturated heterocycles. The number of hydrogen-bond acceptors (Lipinski definition) is 3. The van der Waals surface area contributed by atoms with Crippen molar-refractivity contribution in [3.63, 3.8) is 0 Å². The van der Waals surface area contributed by atoms with Crippen LogP contribution in [0.4, 0.5) is 14.5 Å². The summed E-state index contributed by atoms with van der Waals surface area (Å²) >= 11 is 0. The second kappa shape index (κ2) is 8.12. The van der Waals surface area contributed by atoms with Gasteiger partial charge in [0, 0.05) is 25.1 Å². The van der Waals surface area contributed by atoms with Crippen LogP contribution in [0, 0.1) is 17.6 Å². The minimum Gasteiger partial charge on any atom is -0.342 e. The van der Waals surface area contributed by atoms with E-state index in [9.17, 15) is 18.4 Å². The SMILES string of the molecule is C[C@H](C(=O)Nc1cc(F)ccc1F)N1CCC(C(=O)N2CCCC2)CC1. The highest BCUT2D eigenvalue weighted by Crippen LogP contribution is 2.24. The van der Waals surface area contributed by atoms with Crippen LogP contribution in [-0.4, -0.2) is 53.8 Å². The van der Waals surface area contributed by atoms with Crippen molar-refractivity contribution in [1.29, 1.82) is 0 Å². The van der Waals surface area contributed by atoms with E-state index in [2.05, 4.69) is 5.32 Å². The van der Waals surface area contributed by atoms with Crippen LogP contribution < -0.4 is 5.32 Å². The number of likely N-dealkylation sites (tertiary alicyclic amines) is 2. The van der Waals surface area contributed by atoms with E-state index in [0.29, 0.717) is 13.1 Å². The predicted octanol–water partition coefficient (Wildman–Crippen LogP) is 2.63. The molecule has 0 saturated carbocycles. The first-order valence-corrected chi connectivity index (χ1v) is 9.24. The lowest BCUT2D eigenvalue weighted by atomic mass is 9.94. The summed E-state index contributed by atoms with van der Waals surface area (Å²) in [5.41, 5.74) is -0.152. The molecule has 2 amide bonds. The zero-order valence-corrected chi connectivity index (χ0v) is 15.0. The molecule has 0 aromatic heterocycles. The number of halogens is 2. The zero-order chi connectivity index (χ0) is 18.7. The molecule has 2 aliphatic heterocycles. The summed E-state index contributed by atoms with van der Waals surface area (Å²) in [4.78, 5) is 28.8. The van der Waals surface area contributed by atoms with E-state index in [-0.39, 0.29) is 23.4 Å². The van der Waals surface area contributed by atoms with E-state index < -0.39 is 17.7 Å². The van der Waals surface area contributed by atoms with Crippen LogP contribution >= 0.6 is 0 Å². The number of anilines is 1. The minimum absolute atomic E-state index is 0.0280. The average Bonchev–Trinajstić information content (AvgIpc) is 3.18. The van der Waals surface area contributed by atoms with E-state index in [1.54, 1.807) is 6.92 Å². The number of carbonyl (C=O) groups excluding carboxylic acids is 2. The summed E-state index contributed by atoms with van der Waals surface area (Å²) in [5, 5.41) is 2.46. The highest BCUT2D eigenvalue weighted by atomic mass is 19.1. The van der Waals surface area contributed by atoms with Gasteiger partial charge in [-0.25, -0.2) is 8.78 Å². The molecule has 1 aromatic carbocycles. The third kappa shape index (κ3) is 4.20. The van der Waals surface area contributed by atoms with Crippen molar-refractivity contribution in [3.05, 3.63) is 29.8 Å². The molecule has 1 N–H and O–H groups in total. The molecule has 2 aliphatic rings. The van der Waals surface area contributed by atoms with Crippen LogP contribution in [0.5, 0.6) is 0 Å². The normalized spacial score (nSPS) is 20.2. The topological polar surface area (TPSA) is 52.7 Å². The van der Waals surface area contributed by atoms with Gasteiger partial charge in [-0.3, -0.25) is 14.5 Å². The highest BCUT2D eigenvalue weighted by molar-refractivity contribution is 5.94. The molecule has 7 heteroatoms. The van der Waals surface area contributed by atoms with E-state index >= 15 is 0 Å². The molecule has 0 unspecified atom stereocenters. The van der Waals surface area contributed by atoms with Gasteiger partial charge in [0.15, 0.2) is 0 Å². The van der Waals surface area contributed by atoms with Gasteiger partial charge in [-0.15, -0.1) is 0 Å². The second-order valence-electron chi connectivity index (χ2n) is 7.13. The maximum atomic E-state index is 13.7.